The molecule has 0 radical (unpaired) electrons. The van der Waals surface area contributed by atoms with Gasteiger partial charge in [0.05, 0.1) is 12.1 Å². The zero-order valence-corrected chi connectivity index (χ0v) is 18.5. The largest absolute Gasteiger partial charge is 0.421 e. The molecule has 4 nitrogen and oxygen atoms in total. The predicted octanol–water partition coefficient (Wildman–Crippen LogP) is 6.37. The number of rotatable bonds is 4. The average molecular weight is 476 g/mol. The molecule has 2 aromatic carbocycles. The van der Waals surface area contributed by atoms with Crippen LogP contribution in [0, 0.1) is 5.82 Å². The van der Waals surface area contributed by atoms with Crippen molar-refractivity contribution in [3.05, 3.63) is 92.2 Å². The van der Waals surface area contributed by atoms with Gasteiger partial charge < -0.3 is 10.3 Å². The molecule has 0 bridgehead atoms. The van der Waals surface area contributed by atoms with Gasteiger partial charge in [0.2, 0.25) is 0 Å². The lowest BCUT2D eigenvalue weighted by molar-refractivity contribution is -0.138. The normalized spacial score (nSPS) is 11.1. The van der Waals surface area contributed by atoms with E-state index in [0.717, 1.165) is 17.0 Å². The molecule has 4 aromatic rings. The molecule has 2 heterocycles. The molecule has 0 atom stereocenters. The molecule has 0 aliphatic carbocycles. The second kappa shape index (κ2) is 9.99. The number of carbonyl (C=O) groups is 1. The minimum Gasteiger partial charge on any atom is -0.350 e. The summed E-state index contributed by atoms with van der Waals surface area (Å²) in [5.41, 5.74) is -3.73. The van der Waals surface area contributed by atoms with Crippen molar-refractivity contribution in [3.8, 4) is 11.1 Å². The lowest BCUT2D eigenvalue weighted by Crippen LogP contribution is -2.25. The number of thiophene rings is 1. The molecule has 33 heavy (non-hydrogen) atoms. The van der Waals surface area contributed by atoms with Crippen LogP contribution < -0.4 is 10.7 Å². The highest BCUT2D eigenvalue weighted by Gasteiger charge is 2.38. The Kier molecular flexibility index (Phi) is 7.33. The van der Waals surface area contributed by atoms with Gasteiger partial charge in [-0.1, -0.05) is 50.2 Å². The lowest BCUT2D eigenvalue weighted by atomic mass is 9.97. The topological polar surface area (TPSA) is 62.0 Å². The summed E-state index contributed by atoms with van der Waals surface area (Å²) >= 11 is 1.39. The van der Waals surface area contributed by atoms with Crippen LogP contribution in [0.4, 0.5) is 17.6 Å². The van der Waals surface area contributed by atoms with E-state index in [1.54, 1.807) is 30.3 Å². The Morgan fingerprint density at radius 2 is 1.76 bits per heavy atom. The molecule has 0 fully saturated rings. The van der Waals surface area contributed by atoms with Gasteiger partial charge in [0.15, 0.2) is 5.43 Å². The summed E-state index contributed by atoms with van der Waals surface area (Å²) in [7, 11) is 0. The molecule has 0 aliphatic rings. The van der Waals surface area contributed by atoms with Gasteiger partial charge in [-0.15, -0.1) is 11.3 Å². The van der Waals surface area contributed by atoms with E-state index >= 15 is 4.39 Å². The van der Waals surface area contributed by atoms with Gasteiger partial charge in [-0.2, -0.15) is 13.2 Å². The zero-order valence-electron chi connectivity index (χ0n) is 17.7. The number of nitrogens with one attached hydrogen (secondary N) is 2. The highest BCUT2D eigenvalue weighted by molar-refractivity contribution is 7.09. The summed E-state index contributed by atoms with van der Waals surface area (Å²) in [6, 6.07) is 13.2. The van der Waals surface area contributed by atoms with Crippen LogP contribution in [0.15, 0.2) is 64.8 Å². The number of aromatic nitrogens is 1. The molecule has 1 amide bonds. The van der Waals surface area contributed by atoms with E-state index in [-0.39, 0.29) is 28.8 Å². The second-order valence-electron chi connectivity index (χ2n) is 6.71. The van der Waals surface area contributed by atoms with Crippen molar-refractivity contribution in [1.82, 2.24) is 10.3 Å². The molecule has 0 spiro atoms. The number of fused-ring (bicyclic) bond motifs is 1. The van der Waals surface area contributed by atoms with E-state index in [0.29, 0.717) is 0 Å². The van der Waals surface area contributed by atoms with E-state index in [1.807, 2.05) is 19.2 Å². The SMILES string of the molecule is CC.O=C(NCc1cccs1)c1cc(=O)c2cc(-c3ccccc3)c(F)c(C(F)(F)F)c2[nH]1. The number of aromatic amines is 1. The van der Waals surface area contributed by atoms with Crippen molar-refractivity contribution in [2.45, 2.75) is 26.6 Å². The highest BCUT2D eigenvalue weighted by atomic mass is 32.1. The number of alkyl halides is 3. The van der Waals surface area contributed by atoms with Crippen LogP contribution in [-0.2, 0) is 12.7 Å². The maximum atomic E-state index is 15.0. The van der Waals surface area contributed by atoms with Crippen molar-refractivity contribution in [1.29, 1.82) is 0 Å². The maximum Gasteiger partial charge on any atom is 0.421 e. The first-order valence-electron chi connectivity index (χ1n) is 10.1. The molecule has 2 aromatic heterocycles. The Labute approximate surface area is 190 Å². The Morgan fingerprint density at radius 3 is 2.36 bits per heavy atom. The molecule has 0 saturated heterocycles. The van der Waals surface area contributed by atoms with Gasteiger partial charge in [-0.3, -0.25) is 9.59 Å². The second-order valence-corrected chi connectivity index (χ2v) is 7.74. The number of halogens is 4. The standard InChI is InChI=1S/C22H14F4N2O2S.C2H6/c23-19-14(12-5-2-1-3-6-12)9-15-17(29)10-16(28-20(15)18(19)22(24,25)26)21(30)27-11-13-7-4-8-31-13;1-2/h1-10H,11H2,(H,27,30)(H,28,29);1-2H3. The molecule has 4 rings (SSSR count). The number of H-pyrrole nitrogens is 1. The van der Waals surface area contributed by atoms with E-state index < -0.39 is 34.4 Å². The van der Waals surface area contributed by atoms with E-state index in [4.69, 9.17) is 0 Å². The third kappa shape index (κ3) is 5.14. The molecule has 9 heteroatoms. The molecular weight excluding hydrogens is 456 g/mol. The van der Waals surface area contributed by atoms with Crippen LogP contribution in [-0.4, -0.2) is 10.9 Å². The first-order chi connectivity index (χ1) is 15.8. The first-order valence-corrected chi connectivity index (χ1v) is 11.0. The molecule has 172 valence electrons. The fourth-order valence-electron chi connectivity index (χ4n) is 3.25. The fourth-order valence-corrected chi connectivity index (χ4v) is 3.90. The van der Waals surface area contributed by atoms with Crippen LogP contribution in [0.25, 0.3) is 22.0 Å². The Hall–Kier alpha value is -3.46. The fraction of sp³-hybridized carbons (Fsp3) is 0.167. The Balaban J connectivity index is 0.00000149. The molecule has 0 saturated carbocycles. The van der Waals surface area contributed by atoms with Gasteiger partial charge in [-0.25, -0.2) is 4.39 Å². The summed E-state index contributed by atoms with van der Waals surface area (Å²) < 4.78 is 56.5. The zero-order chi connectivity index (χ0) is 24.2. The van der Waals surface area contributed by atoms with Crippen LogP contribution >= 0.6 is 11.3 Å². The Morgan fingerprint density at radius 1 is 1.06 bits per heavy atom. The van der Waals surface area contributed by atoms with Crippen molar-refractivity contribution < 1.29 is 22.4 Å². The van der Waals surface area contributed by atoms with Gasteiger partial charge >= 0.3 is 6.18 Å². The maximum absolute atomic E-state index is 15.0. The molecule has 0 aliphatic heterocycles. The molecule has 0 unspecified atom stereocenters. The van der Waals surface area contributed by atoms with E-state index in [9.17, 15) is 22.8 Å². The van der Waals surface area contributed by atoms with Crippen LogP contribution in [0.3, 0.4) is 0 Å². The molecular formula is C24H20F4N2O2S. The minimum atomic E-state index is -5.10. The lowest BCUT2D eigenvalue weighted by Gasteiger charge is -2.16. The van der Waals surface area contributed by atoms with E-state index in [2.05, 4.69) is 10.3 Å². The van der Waals surface area contributed by atoms with Crippen molar-refractivity contribution in [3.63, 3.8) is 0 Å². The highest BCUT2D eigenvalue weighted by Crippen LogP contribution is 2.39. The van der Waals surface area contributed by atoms with E-state index in [1.165, 1.54) is 23.5 Å². The molecule has 2 N–H and O–H groups in total. The van der Waals surface area contributed by atoms with Gasteiger partial charge in [0, 0.05) is 21.9 Å². The third-order valence-electron chi connectivity index (χ3n) is 4.68. The number of amides is 1. The smallest absolute Gasteiger partial charge is 0.350 e. The minimum absolute atomic E-state index is 0.143. The Bertz CT molecular complexity index is 1310. The first kappa shape index (κ1) is 24.2. The summed E-state index contributed by atoms with van der Waals surface area (Å²) in [5.74, 6) is -2.29. The quantitative estimate of drug-likeness (QED) is 0.336. The van der Waals surface area contributed by atoms with Gasteiger partial charge in [0.1, 0.15) is 17.1 Å². The van der Waals surface area contributed by atoms with Crippen molar-refractivity contribution in [2.75, 3.05) is 0 Å². The van der Waals surface area contributed by atoms with Gasteiger partial charge in [0.25, 0.3) is 5.91 Å². The summed E-state index contributed by atoms with van der Waals surface area (Å²) in [5, 5.41) is 3.98. The van der Waals surface area contributed by atoms with Crippen molar-refractivity contribution in [2.24, 2.45) is 0 Å². The summed E-state index contributed by atoms with van der Waals surface area (Å²) in [6.07, 6.45) is -5.10. The van der Waals surface area contributed by atoms with Crippen LogP contribution in [0.5, 0.6) is 0 Å². The van der Waals surface area contributed by atoms with Crippen molar-refractivity contribution >= 4 is 28.1 Å². The van der Waals surface area contributed by atoms with Gasteiger partial charge in [-0.05, 0) is 23.1 Å². The number of carbonyl (C=O) groups excluding carboxylic acids is 1. The van der Waals surface area contributed by atoms with Crippen LogP contribution in [0.1, 0.15) is 34.8 Å². The number of benzene rings is 2. The number of hydrogen-bond acceptors (Lipinski definition) is 3. The predicted molar refractivity (Wildman–Crippen MR) is 122 cm³/mol. The average Bonchev–Trinajstić information content (AvgIpc) is 3.31. The third-order valence-corrected chi connectivity index (χ3v) is 5.56. The monoisotopic (exact) mass is 476 g/mol. The van der Waals surface area contributed by atoms with Crippen LogP contribution in [0.2, 0.25) is 0 Å². The number of pyridine rings is 1. The summed E-state index contributed by atoms with van der Waals surface area (Å²) in [4.78, 5) is 28.2. The summed E-state index contributed by atoms with van der Waals surface area (Å²) in [6.45, 7) is 4.14. The number of hydrogen-bond donors (Lipinski definition) is 2.